The molecule has 0 aliphatic heterocycles. The van der Waals surface area contributed by atoms with E-state index in [1.54, 1.807) is 5.56 Å². The Labute approximate surface area is 211 Å². The van der Waals surface area contributed by atoms with Crippen LogP contribution in [0.3, 0.4) is 0 Å². The number of aryl methyl sites for hydroxylation is 4. The molecule has 0 bridgehead atoms. The van der Waals surface area contributed by atoms with E-state index in [-0.39, 0.29) is 0 Å². The molecular formula is C28H36N2S3. The van der Waals surface area contributed by atoms with E-state index in [0.29, 0.717) is 0 Å². The molecule has 0 atom stereocenters. The summed E-state index contributed by atoms with van der Waals surface area (Å²) in [4.78, 5) is 5.80. The fourth-order valence-corrected chi connectivity index (χ4v) is 7.68. The van der Waals surface area contributed by atoms with Crippen LogP contribution in [-0.2, 0) is 12.8 Å². The molecule has 3 heterocycles. The summed E-state index contributed by atoms with van der Waals surface area (Å²) in [7, 11) is 0. The molecule has 0 aliphatic carbocycles. The quantitative estimate of drug-likeness (QED) is 0.182. The predicted molar refractivity (Wildman–Crippen MR) is 149 cm³/mol. The molecule has 0 aliphatic rings. The first-order chi connectivity index (χ1) is 16.1. The lowest BCUT2D eigenvalue weighted by Gasteiger charge is -2.06. The number of benzene rings is 1. The summed E-state index contributed by atoms with van der Waals surface area (Å²) >= 11 is 5.29. The SMILES string of the molecule is CCCCCCc1cc(C)sc1-c1sc(-c2ccc(C)c3nsnc23)cc1CCCCCC. The first-order valence-corrected chi connectivity index (χ1v) is 14.9. The van der Waals surface area contributed by atoms with Crippen LogP contribution in [0.5, 0.6) is 0 Å². The van der Waals surface area contributed by atoms with Crippen LogP contribution in [0.4, 0.5) is 0 Å². The third kappa shape index (κ3) is 5.75. The molecule has 4 rings (SSSR count). The molecule has 3 aromatic heterocycles. The lowest BCUT2D eigenvalue weighted by atomic mass is 10.0. The average Bonchev–Trinajstić information content (AvgIpc) is 3.53. The number of hydrogen-bond donors (Lipinski definition) is 0. The Hall–Kier alpha value is -1.56. The Morgan fingerprint density at radius 3 is 2.03 bits per heavy atom. The van der Waals surface area contributed by atoms with Crippen molar-refractivity contribution in [1.29, 1.82) is 0 Å². The molecule has 0 unspecified atom stereocenters. The van der Waals surface area contributed by atoms with E-state index < -0.39 is 0 Å². The van der Waals surface area contributed by atoms with Gasteiger partial charge in [0.1, 0.15) is 11.0 Å². The second kappa shape index (κ2) is 11.7. The van der Waals surface area contributed by atoms with Crippen LogP contribution in [0.15, 0.2) is 24.3 Å². The highest BCUT2D eigenvalue weighted by Crippen LogP contribution is 2.45. The van der Waals surface area contributed by atoms with Gasteiger partial charge in [-0.3, -0.25) is 0 Å². The van der Waals surface area contributed by atoms with Crippen molar-refractivity contribution in [3.05, 3.63) is 45.8 Å². The van der Waals surface area contributed by atoms with Gasteiger partial charge in [0.15, 0.2) is 0 Å². The molecule has 0 spiro atoms. The molecular weight excluding hydrogens is 461 g/mol. The maximum Gasteiger partial charge on any atom is 0.113 e. The second-order valence-electron chi connectivity index (χ2n) is 9.19. The van der Waals surface area contributed by atoms with Crippen LogP contribution >= 0.6 is 34.4 Å². The minimum atomic E-state index is 1.06. The maximum absolute atomic E-state index is 4.67. The summed E-state index contributed by atoms with van der Waals surface area (Å²) < 4.78 is 9.24. The molecule has 176 valence electrons. The summed E-state index contributed by atoms with van der Waals surface area (Å²) in [6, 6.07) is 9.36. The van der Waals surface area contributed by atoms with E-state index in [2.05, 4.69) is 60.7 Å². The van der Waals surface area contributed by atoms with Gasteiger partial charge in [-0.2, -0.15) is 8.75 Å². The number of hydrogen-bond acceptors (Lipinski definition) is 5. The first-order valence-electron chi connectivity index (χ1n) is 12.6. The fraction of sp³-hybridized carbons (Fsp3) is 0.500. The van der Waals surface area contributed by atoms with Crippen LogP contribution in [0.2, 0.25) is 0 Å². The Kier molecular flexibility index (Phi) is 8.72. The van der Waals surface area contributed by atoms with Crippen LogP contribution in [0, 0.1) is 13.8 Å². The summed E-state index contributed by atoms with van der Waals surface area (Å²) in [5.74, 6) is 0. The van der Waals surface area contributed by atoms with Crippen LogP contribution in [0.1, 0.15) is 86.8 Å². The normalized spacial score (nSPS) is 11.6. The summed E-state index contributed by atoms with van der Waals surface area (Å²) in [5, 5.41) is 0. The van der Waals surface area contributed by atoms with Crippen molar-refractivity contribution in [3.8, 4) is 20.2 Å². The van der Waals surface area contributed by atoms with E-state index in [9.17, 15) is 0 Å². The van der Waals surface area contributed by atoms with Crippen molar-refractivity contribution >= 4 is 45.4 Å². The minimum Gasteiger partial charge on any atom is -0.173 e. The molecule has 4 aromatic rings. The molecule has 0 saturated carbocycles. The zero-order valence-corrected chi connectivity index (χ0v) is 22.9. The van der Waals surface area contributed by atoms with E-state index in [1.165, 1.54) is 112 Å². The minimum absolute atomic E-state index is 1.06. The molecule has 1 aromatic carbocycles. The zero-order valence-electron chi connectivity index (χ0n) is 20.5. The molecule has 33 heavy (non-hydrogen) atoms. The van der Waals surface area contributed by atoms with Gasteiger partial charge in [-0.15, -0.1) is 22.7 Å². The predicted octanol–water partition coefficient (Wildman–Crippen LogP) is 10.0. The van der Waals surface area contributed by atoms with Crippen molar-refractivity contribution in [2.45, 2.75) is 91.9 Å². The van der Waals surface area contributed by atoms with Crippen molar-refractivity contribution < 1.29 is 0 Å². The largest absolute Gasteiger partial charge is 0.173 e. The van der Waals surface area contributed by atoms with E-state index in [0.717, 1.165) is 11.0 Å². The molecule has 2 nitrogen and oxygen atoms in total. The number of fused-ring (bicyclic) bond motifs is 1. The molecule has 0 fully saturated rings. The van der Waals surface area contributed by atoms with Gasteiger partial charge in [0.25, 0.3) is 0 Å². The second-order valence-corrected chi connectivity index (χ2v) is 12.0. The van der Waals surface area contributed by atoms with E-state index in [4.69, 9.17) is 0 Å². The van der Waals surface area contributed by atoms with Crippen molar-refractivity contribution in [1.82, 2.24) is 8.75 Å². The molecule has 5 heteroatoms. The lowest BCUT2D eigenvalue weighted by molar-refractivity contribution is 0.666. The standard InChI is InChI=1S/C28H36N2S3/c1-5-7-9-11-13-21-17-20(4)31-27(21)28-22(14-12-10-8-6-2)18-24(32-28)23-16-15-19(3)25-26(23)30-33-29-25/h15-18H,5-14H2,1-4H3. The van der Waals surface area contributed by atoms with Gasteiger partial charge in [0.05, 0.1) is 11.7 Å². The number of rotatable bonds is 12. The maximum atomic E-state index is 4.67. The Morgan fingerprint density at radius 2 is 1.33 bits per heavy atom. The van der Waals surface area contributed by atoms with Gasteiger partial charge in [-0.1, -0.05) is 64.5 Å². The molecule has 0 saturated heterocycles. The van der Waals surface area contributed by atoms with Crippen LogP contribution in [-0.4, -0.2) is 8.75 Å². The van der Waals surface area contributed by atoms with Crippen molar-refractivity contribution in [2.24, 2.45) is 0 Å². The topological polar surface area (TPSA) is 25.8 Å². The number of nitrogens with zero attached hydrogens (tertiary/aromatic N) is 2. The number of aromatic nitrogens is 2. The van der Waals surface area contributed by atoms with E-state index >= 15 is 0 Å². The van der Waals surface area contributed by atoms with Gasteiger partial charge >= 0.3 is 0 Å². The van der Waals surface area contributed by atoms with Gasteiger partial charge in [0.2, 0.25) is 0 Å². The average molecular weight is 497 g/mol. The first kappa shape index (κ1) is 24.6. The number of thiophene rings is 2. The Balaban J connectivity index is 1.72. The van der Waals surface area contributed by atoms with Crippen LogP contribution < -0.4 is 0 Å². The van der Waals surface area contributed by atoms with E-state index in [1.807, 2.05) is 22.7 Å². The lowest BCUT2D eigenvalue weighted by Crippen LogP contribution is -1.89. The van der Waals surface area contributed by atoms with Gasteiger partial charge in [-0.05, 0) is 68.4 Å². The molecule has 0 radical (unpaired) electrons. The van der Waals surface area contributed by atoms with Gasteiger partial charge in [0, 0.05) is 25.1 Å². The number of unbranched alkanes of at least 4 members (excludes halogenated alkanes) is 6. The summed E-state index contributed by atoms with van der Waals surface area (Å²) in [6.07, 6.45) is 12.8. The fourth-order valence-electron chi connectivity index (χ4n) is 4.56. The summed E-state index contributed by atoms with van der Waals surface area (Å²) in [5.41, 5.74) is 7.66. The van der Waals surface area contributed by atoms with Gasteiger partial charge in [-0.25, -0.2) is 0 Å². The molecule has 0 amide bonds. The monoisotopic (exact) mass is 496 g/mol. The molecule has 0 N–H and O–H groups in total. The van der Waals surface area contributed by atoms with Crippen molar-refractivity contribution in [3.63, 3.8) is 0 Å². The smallest absolute Gasteiger partial charge is 0.113 e. The summed E-state index contributed by atoms with van der Waals surface area (Å²) in [6.45, 7) is 8.98. The highest BCUT2D eigenvalue weighted by Gasteiger charge is 2.19. The Bertz CT molecular complexity index is 1180. The van der Waals surface area contributed by atoms with Crippen LogP contribution in [0.25, 0.3) is 31.2 Å². The highest BCUT2D eigenvalue weighted by molar-refractivity contribution is 7.24. The Morgan fingerprint density at radius 1 is 0.697 bits per heavy atom. The third-order valence-corrected chi connectivity index (χ3v) is 9.43. The van der Waals surface area contributed by atoms with Gasteiger partial charge < -0.3 is 0 Å². The third-order valence-electron chi connectivity index (χ3n) is 6.43. The highest BCUT2D eigenvalue weighted by atomic mass is 32.1. The van der Waals surface area contributed by atoms with Crippen molar-refractivity contribution in [2.75, 3.05) is 0 Å². The zero-order chi connectivity index (χ0) is 23.2.